The Bertz CT molecular complexity index is 417. The molecule has 1 fully saturated rings. The van der Waals surface area contributed by atoms with E-state index < -0.39 is 0 Å². The Labute approximate surface area is 108 Å². The zero-order chi connectivity index (χ0) is 12.5. The minimum Gasteiger partial charge on any atom is -0.376 e. The fourth-order valence-corrected chi connectivity index (χ4v) is 3.07. The zero-order valence-corrected chi connectivity index (χ0v) is 11.1. The largest absolute Gasteiger partial charge is 0.376 e. The molecule has 1 aliphatic carbocycles. The fourth-order valence-electron chi connectivity index (χ4n) is 3.07. The molecule has 18 heavy (non-hydrogen) atoms. The van der Waals surface area contributed by atoms with E-state index in [-0.39, 0.29) is 6.10 Å². The van der Waals surface area contributed by atoms with Crippen LogP contribution in [-0.4, -0.2) is 32.5 Å². The van der Waals surface area contributed by atoms with Crippen LogP contribution in [0.15, 0.2) is 24.3 Å². The first-order valence-corrected chi connectivity index (χ1v) is 6.79. The topological polar surface area (TPSA) is 30.5 Å². The molecule has 0 saturated carbocycles. The summed E-state index contributed by atoms with van der Waals surface area (Å²) >= 11 is 0. The summed E-state index contributed by atoms with van der Waals surface area (Å²) in [6.07, 6.45) is 1.64. The summed E-state index contributed by atoms with van der Waals surface area (Å²) in [7, 11) is 2.02. The van der Waals surface area contributed by atoms with Crippen LogP contribution in [0, 0.1) is 0 Å². The molecule has 1 N–H and O–H groups in total. The first-order chi connectivity index (χ1) is 8.79. The van der Waals surface area contributed by atoms with Crippen molar-refractivity contribution in [3.8, 4) is 0 Å². The number of rotatable bonds is 3. The van der Waals surface area contributed by atoms with E-state index in [0.717, 1.165) is 19.6 Å². The lowest BCUT2D eigenvalue weighted by atomic mass is 9.79. The molecule has 98 valence electrons. The molecule has 0 radical (unpaired) electrons. The average Bonchev–Trinajstić information content (AvgIpc) is 2.34. The van der Waals surface area contributed by atoms with Crippen molar-refractivity contribution in [2.75, 3.05) is 20.3 Å². The summed E-state index contributed by atoms with van der Waals surface area (Å²) < 4.78 is 11.4. The van der Waals surface area contributed by atoms with Crippen molar-refractivity contribution in [2.24, 2.45) is 0 Å². The number of benzene rings is 1. The Morgan fingerprint density at radius 2 is 1.94 bits per heavy atom. The maximum absolute atomic E-state index is 6.17. The Morgan fingerprint density at radius 1 is 1.22 bits per heavy atom. The van der Waals surface area contributed by atoms with E-state index >= 15 is 0 Å². The van der Waals surface area contributed by atoms with Gasteiger partial charge in [-0.15, -0.1) is 0 Å². The maximum atomic E-state index is 6.17. The van der Waals surface area contributed by atoms with E-state index in [1.165, 1.54) is 11.1 Å². The molecule has 2 aliphatic rings. The van der Waals surface area contributed by atoms with Gasteiger partial charge in [-0.25, -0.2) is 0 Å². The van der Waals surface area contributed by atoms with Crippen molar-refractivity contribution in [3.05, 3.63) is 35.4 Å². The third-order valence-corrected chi connectivity index (χ3v) is 4.11. The molecule has 3 unspecified atom stereocenters. The lowest BCUT2D eigenvalue weighted by molar-refractivity contribution is -0.164. The Kier molecular flexibility index (Phi) is 3.37. The average molecular weight is 247 g/mol. The molecule has 0 amide bonds. The number of fused-ring (bicyclic) bond motifs is 1. The molecule has 1 heterocycles. The van der Waals surface area contributed by atoms with Gasteiger partial charge in [-0.2, -0.15) is 0 Å². The summed E-state index contributed by atoms with van der Waals surface area (Å²) in [5.41, 5.74) is 2.85. The Hall–Kier alpha value is -0.900. The third kappa shape index (κ3) is 2.07. The predicted molar refractivity (Wildman–Crippen MR) is 70.8 cm³/mol. The van der Waals surface area contributed by atoms with Gasteiger partial charge in [0.15, 0.2) is 0 Å². The van der Waals surface area contributed by atoms with Gasteiger partial charge >= 0.3 is 0 Å². The van der Waals surface area contributed by atoms with Gasteiger partial charge < -0.3 is 14.8 Å². The fraction of sp³-hybridized carbons (Fsp3) is 0.600. The highest BCUT2D eigenvalue weighted by molar-refractivity contribution is 5.36. The van der Waals surface area contributed by atoms with Crippen molar-refractivity contribution in [1.82, 2.24) is 5.32 Å². The number of likely N-dealkylation sites (N-methyl/N-ethyl adjacent to an activating group) is 1. The van der Waals surface area contributed by atoms with Crippen molar-refractivity contribution >= 4 is 0 Å². The van der Waals surface area contributed by atoms with Crippen LogP contribution in [0.1, 0.15) is 36.4 Å². The molecule has 3 heteroatoms. The van der Waals surface area contributed by atoms with E-state index in [4.69, 9.17) is 9.47 Å². The molecular formula is C15H21NO2. The van der Waals surface area contributed by atoms with Crippen molar-refractivity contribution < 1.29 is 9.47 Å². The lowest BCUT2D eigenvalue weighted by Gasteiger charge is -2.40. The van der Waals surface area contributed by atoms with E-state index in [9.17, 15) is 0 Å². The number of hydrogen-bond donors (Lipinski definition) is 1. The van der Waals surface area contributed by atoms with Crippen molar-refractivity contribution in [2.45, 2.75) is 37.5 Å². The number of nitrogens with one attached hydrogen (secondary N) is 1. The van der Waals surface area contributed by atoms with E-state index in [1.54, 1.807) is 0 Å². The summed E-state index contributed by atoms with van der Waals surface area (Å²) in [5.74, 6) is 0.566. The molecular weight excluding hydrogens is 226 g/mol. The molecule has 1 aromatic carbocycles. The Balaban J connectivity index is 1.84. The minimum absolute atomic E-state index is 0.258. The minimum atomic E-state index is 0.258. The van der Waals surface area contributed by atoms with Gasteiger partial charge in [0.1, 0.15) is 6.10 Å². The molecule has 3 rings (SSSR count). The number of ether oxygens (including phenoxy) is 2. The molecule has 3 atom stereocenters. The maximum Gasteiger partial charge on any atom is 0.105 e. The third-order valence-electron chi connectivity index (χ3n) is 4.11. The second-order valence-electron chi connectivity index (χ2n) is 5.37. The van der Waals surface area contributed by atoms with Gasteiger partial charge in [-0.1, -0.05) is 31.2 Å². The zero-order valence-electron chi connectivity index (χ0n) is 11.1. The van der Waals surface area contributed by atoms with E-state index in [0.29, 0.717) is 18.1 Å². The molecule has 0 bridgehead atoms. The van der Waals surface area contributed by atoms with Crippen LogP contribution in [0.4, 0.5) is 0 Å². The predicted octanol–water partition coefficient (Wildman–Crippen LogP) is 2.24. The molecule has 1 saturated heterocycles. The standard InChI is InChI=1S/C15H21NO2/c1-10-7-14(18-11-8-17-9-11)15(16-2)13-6-4-3-5-12(10)13/h3-6,10-11,14-16H,7-9H2,1-2H3. The van der Waals surface area contributed by atoms with Crippen molar-refractivity contribution in [3.63, 3.8) is 0 Å². The van der Waals surface area contributed by atoms with E-state index in [2.05, 4.69) is 36.5 Å². The van der Waals surface area contributed by atoms with Gasteiger partial charge in [0.25, 0.3) is 0 Å². The van der Waals surface area contributed by atoms with Gasteiger partial charge in [0.2, 0.25) is 0 Å². The monoisotopic (exact) mass is 247 g/mol. The summed E-state index contributed by atoms with van der Waals surface area (Å²) in [4.78, 5) is 0. The van der Waals surface area contributed by atoms with Crippen molar-refractivity contribution in [1.29, 1.82) is 0 Å². The summed E-state index contributed by atoms with van der Waals surface area (Å²) in [5, 5.41) is 3.42. The highest BCUT2D eigenvalue weighted by Gasteiger charge is 2.35. The highest BCUT2D eigenvalue weighted by atomic mass is 16.6. The molecule has 3 nitrogen and oxygen atoms in total. The molecule has 0 aromatic heterocycles. The van der Waals surface area contributed by atoms with Crippen LogP contribution >= 0.6 is 0 Å². The summed E-state index contributed by atoms with van der Waals surface area (Å²) in [6.45, 7) is 3.80. The van der Waals surface area contributed by atoms with Crippen LogP contribution in [0.5, 0.6) is 0 Å². The van der Waals surface area contributed by atoms with Crippen LogP contribution in [0.2, 0.25) is 0 Å². The Morgan fingerprint density at radius 3 is 2.56 bits per heavy atom. The van der Waals surface area contributed by atoms with Crippen LogP contribution in [0.3, 0.4) is 0 Å². The molecule has 1 aromatic rings. The molecule has 0 spiro atoms. The second kappa shape index (κ2) is 5.00. The normalized spacial score (nSPS) is 31.8. The van der Waals surface area contributed by atoms with Crippen LogP contribution in [0.25, 0.3) is 0 Å². The highest BCUT2D eigenvalue weighted by Crippen LogP contribution is 2.39. The van der Waals surface area contributed by atoms with Gasteiger partial charge in [-0.3, -0.25) is 0 Å². The second-order valence-corrected chi connectivity index (χ2v) is 5.37. The SMILES string of the molecule is CNC1c2ccccc2C(C)CC1OC1COC1. The van der Waals surface area contributed by atoms with Gasteiger partial charge in [0.05, 0.1) is 25.4 Å². The summed E-state index contributed by atoms with van der Waals surface area (Å²) in [6, 6.07) is 9.01. The number of hydrogen-bond acceptors (Lipinski definition) is 3. The first-order valence-electron chi connectivity index (χ1n) is 6.79. The van der Waals surface area contributed by atoms with Gasteiger partial charge in [0, 0.05) is 0 Å². The quantitative estimate of drug-likeness (QED) is 0.888. The smallest absolute Gasteiger partial charge is 0.105 e. The lowest BCUT2D eigenvalue weighted by Crippen LogP contribution is -2.45. The van der Waals surface area contributed by atoms with Gasteiger partial charge in [-0.05, 0) is 30.5 Å². The van der Waals surface area contributed by atoms with E-state index in [1.807, 2.05) is 7.05 Å². The molecule has 1 aliphatic heterocycles. The van der Waals surface area contributed by atoms with Crippen LogP contribution in [-0.2, 0) is 9.47 Å². The first kappa shape index (κ1) is 12.2. The van der Waals surface area contributed by atoms with Crippen LogP contribution < -0.4 is 5.32 Å².